The highest BCUT2D eigenvalue weighted by atomic mass is 32.1. The summed E-state index contributed by atoms with van der Waals surface area (Å²) in [4.78, 5) is 16.9. The van der Waals surface area contributed by atoms with Gasteiger partial charge in [0.05, 0.1) is 17.0 Å². The Morgan fingerprint density at radius 1 is 1.47 bits per heavy atom. The fourth-order valence-electron chi connectivity index (χ4n) is 2.66. The zero-order chi connectivity index (χ0) is 13.7. The van der Waals surface area contributed by atoms with Crippen LogP contribution in [0.25, 0.3) is 10.6 Å². The summed E-state index contributed by atoms with van der Waals surface area (Å²) < 4.78 is 1.84. The Labute approximate surface area is 114 Å². The van der Waals surface area contributed by atoms with Crippen molar-refractivity contribution in [2.45, 2.75) is 32.6 Å². The molecule has 1 aliphatic carbocycles. The number of aromatic nitrogens is 3. The number of carbonyl (C=O) groups is 1. The number of nitrogens with zero attached hydrogens (tertiary/aromatic N) is 3. The molecule has 0 fully saturated rings. The van der Waals surface area contributed by atoms with Gasteiger partial charge in [0.25, 0.3) is 0 Å². The van der Waals surface area contributed by atoms with Gasteiger partial charge in [-0.3, -0.25) is 9.48 Å². The van der Waals surface area contributed by atoms with Gasteiger partial charge in [-0.2, -0.15) is 5.10 Å². The summed E-state index contributed by atoms with van der Waals surface area (Å²) in [5.74, 6) is -1.20. The van der Waals surface area contributed by atoms with Crippen LogP contribution in [0.3, 0.4) is 0 Å². The molecule has 2 aromatic heterocycles. The van der Waals surface area contributed by atoms with Crippen molar-refractivity contribution in [2.75, 3.05) is 0 Å². The average molecular weight is 277 g/mol. The summed E-state index contributed by atoms with van der Waals surface area (Å²) in [5.41, 5.74) is 3.82. The van der Waals surface area contributed by atoms with Crippen molar-refractivity contribution in [2.24, 2.45) is 7.05 Å². The molecular formula is C13H15N3O2S. The molecule has 2 heterocycles. The van der Waals surface area contributed by atoms with Crippen molar-refractivity contribution < 1.29 is 9.90 Å². The van der Waals surface area contributed by atoms with E-state index in [1.165, 1.54) is 0 Å². The quantitative estimate of drug-likeness (QED) is 0.914. The van der Waals surface area contributed by atoms with Crippen LogP contribution in [0, 0.1) is 13.8 Å². The van der Waals surface area contributed by atoms with Gasteiger partial charge < -0.3 is 5.11 Å². The van der Waals surface area contributed by atoms with Gasteiger partial charge in [-0.05, 0) is 26.7 Å². The van der Waals surface area contributed by atoms with Crippen LogP contribution in [-0.2, 0) is 18.3 Å². The van der Waals surface area contributed by atoms with Crippen LogP contribution < -0.4 is 0 Å². The first-order valence-corrected chi connectivity index (χ1v) is 7.03. The first-order valence-electron chi connectivity index (χ1n) is 6.22. The van der Waals surface area contributed by atoms with E-state index in [-0.39, 0.29) is 0 Å². The topological polar surface area (TPSA) is 68.0 Å². The molecule has 0 amide bonds. The van der Waals surface area contributed by atoms with E-state index in [0.717, 1.165) is 39.0 Å². The number of aryl methyl sites for hydroxylation is 3. The van der Waals surface area contributed by atoms with Crippen LogP contribution in [-0.4, -0.2) is 25.8 Å². The summed E-state index contributed by atoms with van der Waals surface area (Å²) in [6.45, 7) is 3.97. The summed E-state index contributed by atoms with van der Waals surface area (Å²) in [7, 11) is 1.91. The minimum absolute atomic E-state index is 0.433. The standard InChI is InChI=1S/C13H15N3O2S/c1-6-10(7(2)16(3)15-6)12-14-11-8(13(17)18)4-5-9(11)19-12/h8H,4-5H2,1-3H3,(H,17,18). The highest BCUT2D eigenvalue weighted by molar-refractivity contribution is 7.15. The molecule has 6 heteroatoms. The normalized spacial score (nSPS) is 17.7. The predicted octanol–water partition coefficient (Wildman–Crippen LogP) is 2.27. The van der Waals surface area contributed by atoms with Crippen LogP contribution in [0.1, 0.15) is 34.3 Å². The van der Waals surface area contributed by atoms with Gasteiger partial charge in [0.15, 0.2) is 0 Å². The molecule has 3 rings (SSSR count). The minimum atomic E-state index is -0.768. The number of fused-ring (bicyclic) bond motifs is 1. The highest BCUT2D eigenvalue weighted by Gasteiger charge is 2.33. The number of carboxylic acids is 1. The maximum Gasteiger partial charge on any atom is 0.312 e. The zero-order valence-corrected chi connectivity index (χ0v) is 11.9. The average Bonchev–Trinajstić information content (AvgIpc) is 2.93. The molecule has 0 aromatic carbocycles. The fraction of sp³-hybridized carbons (Fsp3) is 0.462. The van der Waals surface area contributed by atoms with Crippen LogP contribution >= 0.6 is 11.3 Å². The zero-order valence-electron chi connectivity index (χ0n) is 11.1. The molecule has 1 unspecified atom stereocenters. The fourth-order valence-corrected chi connectivity index (χ4v) is 3.94. The summed E-state index contributed by atoms with van der Waals surface area (Å²) in [6, 6.07) is 0. The van der Waals surface area contributed by atoms with Gasteiger partial charge in [-0.25, -0.2) is 4.98 Å². The molecule has 0 aliphatic heterocycles. The number of thiazole rings is 1. The van der Waals surface area contributed by atoms with E-state index in [0.29, 0.717) is 6.42 Å². The SMILES string of the molecule is Cc1nn(C)c(C)c1-c1nc2c(s1)CCC2C(=O)O. The summed E-state index contributed by atoms with van der Waals surface area (Å²) in [5, 5.41) is 14.5. The monoisotopic (exact) mass is 277 g/mol. The molecular weight excluding hydrogens is 262 g/mol. The van der Waals surface area contributed by atoms with Crippen molar-refractivity contribution in [3.63, 3.8) is 0 Å². The smallest absolute Gasteiger partial charge is 0.312 e. The van der Waals surface area contributed by atoms with Crippen LogP contribution in [0.5, 0.6) is 0 Å². The van der Waals surface area contributed by atoms with Crippen LogP contribution in [0.2, 0.25) is 0 Å². The Morgan fingerprint density at radius 2 is 2.21 bits per heavy atom. The largest absolute Gasteiger partial charge is 0.481 e. The molecule has 0 radical (unpaired) electrons. The Balaban J connectivity index is 2.10. The van der Waals surface area contributed by atoms with Gasteiger partial charge in [0.2, 0.25) is 0 Å². The van der Waals surface area contributed by atoms with Gasteiger partial charge in [0.1, 0.15) is 10.9 Å². The van der Waals surface area contributed by atoms with Crippen molar-refractivity contribution >= 4 is 17.3 Å². The molecule has 19 heavy (non-hydrogen) atoms. The van der Waals surface area contributed by atoms with Crippen molar-refractivity contribution in [3.8, 4) is 10.6 Å². The third-order valence-corrected chi connectivity index (χ3v) is 4.89. The second-order valence-corrected chi connectivity index (χ2v) is 6.01. The number of carboxylic acid groups (broad SMARTS) is 1. The lowest BCUT2D eigenvalue weighted by Crippen LogP contribution is -2.08. The van der Waals surface area contributed by atoms with Gasteiger partial charge in [0, 0.05) is 17.6 Å². The Kier molecular flexibility index (Phi) is 2.70. The number of aliphatic carboxylic acids is 1. The third kappa shape index (κ3) is 1.78. The maximum atomic E-state index is 11.2. The molecule has 0 spiro atoms. The lowest BCUT2D eigenvalue weighted by Gasteiger charge is -2.02. The third-order valence-electron chi connectivity index (χ3n) is 3.74. The lowest BCUT2D eigenvalue weighted by atomic mass is 10.1. The number of hydrogen-bond donors (Lipinski definition) is 1. The summed E-state index contributed by atoms with van der Waals surface area (Å²) in [6.07, 6.45) is 1.50. The van der Waals surface area contributed by atoms with E-state index in [4.69, 9.17) is 0 Å². The van der Waals surface area contributed by atoms with E-state index < -0.39 is 11.9 Å². The minimum Gasteiger partial charge on any atom is -0.481 e. The summed E-state index contributed by atoms with van der Waals surface area (Å²) >= 11 is 1.61. The Hall–Kier alpha value is -1.69. The Morgan fingerprint density at radius 3 is 2.79 bits per heavy atom. The lowest BCUT2D eigenvalue weighted by molar-refractivity contribution is -0.138. The van der Waals surface area contributed by atoms with E-state index in [2.05, 4.69) is 10.1 Å². The molecule has 5 nitrogen and oxygen atoms in total. The molecule has 0 bridgehead atoms. The Bertz CT molecular complexity index is 672. The van der Waals surface area contributed by atoms with Crippen LogP contribution in [0.4, 0.5) is 0 Å². The second-order valence-electron chi connectivity index (χ2n) is 4.93. The van der Waals surface area contributed by atoms with E-state index in [1.807, 2.05) is 25.6 Å². The molecule has 0 saturated heterocycles. The first kappa shape index (κ1) is 12.3. The van der Waals surface area contributed by atoms with Crippen molar-refractivity contribution in [1.29, 1.82) is 0 Å². The van der Waals surface area contributed by atoms with E-state index >= 15 is 0 Å². The highest BCUT2D eigenvalue weighted by Crippen LogP contribution is 2.41. The van der Waals surface area contributed by atoms with Crippen molar-refractivity contribution in [1.82, 2.24) is 14.8 Å². The molecule has 0 saturated carbocycles. The molecule has 1 aliphatic rings. The number of hydrogen-bond acceptors (Lipinski definition) is 4. The molecule has 2 aromatic rings. The molecule has 100 valence electrons. The van der Waals surface area contributed by atoms with Gasteiger partial charge in [-0.1, -0.05) is 0 Å². The maximum absolute atomic E-state index is 11.2. The van der Waals surface area contributed by atoms with E-state index in [9.17, 15) is 9.90 Å². The van der Waals surface area contributed by atoms with Gasteiger partial charge in [-0.15, -0.1) is 11.3 Å². The van der Waals surface area contributed by atoms with Crippen LogP contribution in [0.15, 0.2) is 0 Å². The predicted molar refractivity (Wildman–Crippen MR) is 72.5 cm³/mol. The second kappa shape index (κ2) is 4.16. The van der Waals surface area contributed by atoms with Gasteiger partial charge >= 0.3 is 5.97 Å². The number of rotatable bonds is 2. The van der Waals surface area contributed by atoms with E-state index in [1.54, 1.807) is 11.3 Å². The molecule has 1 N–H and O–H groups in total. The first-order chi connectivity index (χ1) is 8.99. The van der Waals surface area contributed by atoms with Crippen molar-refractivity contribution in [3.05, 3.63) is 22.0 Å². The molecule has 1 atom stereocenters.